The highest BCUT2D eigenvalue weighted by molar-refractivity contribution is 5.14. The van der Waals surface area contributed by atoms with Crippen molar-refractivity contribution in [1.29, 1.82) is 0 Å². The lowest BCUT2D eigenvalue weighted by Crippen LogP contribution is -2.47. The number of hydrogen-bond donors (Lipinski definition) is 0. The van der Waals surface area contributed by atoms with Gasteiger partial charge in [0.25, 0.3) is 0 Å². The first-order valence-electron chi connectivity index (χ1n) is 21.6. The highest BCUT2D eigenvalue weighted by Crippen LogP contribution is 2.69. The van der Waals surface area contributed by atoms with Gasteiger partial charge in [-0.15, -0.1) is 0 Å². The molecule has 3 nitrogen and oxygen atoms in total. The molecule has 8 fully saturated rings. The Bertz CT molecular complexity index is 1090. The third-order valence-corrected chi connectivity index (χ3v) is 17.8. The molecule has 0 saturated heterocycles. The van der Waals surface area contributed by atoms with Gasteiger partial charge in [-0.05, 0) is 168 Å². The van der Waals surface area contributed by atoms with E-state index in [0.29, 0.717) is 50.8 Å². The molecule has 268 valence electrons. The zero-order chi connectivity index (χ0) is 32.4. The monoisotopic (exact) mass is 651 g/mol. The largest absolute Gasteiger partial charge is 0.378 e. The van der Waals surface area contributed by atoms with Gasteiger partial charge in [0, 0.05) is 25.2 Å². The SMILES string of the molecule is CCOC1C2CCC1(C)CC2(C)CC1CCCC2(CCC3(CCCCC3)C2OCCC2CCCC23CCC2(CCCC2)C3OCC)C1. The summed E-state index contributed by atoms with van der Waals surface area (Å²) in [5, 5.41) is 0. The Morgan fingerprint density at radius 1 is 0.574 bits per heavy atom. The standard InChI is InChI=1S/C44H74O3/c1-5-45-36-35-16-24-39(36,3)32-40(35,4)30-33-14-12-22-43(31-33)26-25-41(18-8-7-9-19-41)37(43)47-29-17-34-15-13-23-44(34)28-27-42(20-10-11-21-42)38(44)46-6-2/h33-38H,5-32H2,1-4H3. The van der Waals surface area contributed by atoms with Crippen molar-refractivity contribution in [3.63, 3.8) is 0 Å². The van der Waals surface area contributed by atoms with Crippen molar-refractivity contribution >= 4 is 0 Å². The quantitative estimate of drug-likeness (QED) is 0.235. The third kappa shape index (κ3) is 5.49. The summed E-state index contributed by atoms with van der Waals surface area (Å²) >= 11 is 0. The fraction of sp³-hybridized carbons (Fsp3) is 1.00. The predicted octanol–water partition coefficient (Wildman–Crippen LogP) is 11.8. The van der Waals surface area contributed by atoms with Crippen molar-refractivity contribution in [3.05, 3.63) is 0 Å². The summed E-state index contributed by atoms with van der Waals surface area (Å²) in [5.41, 5.74) is 2.77. The molecule has 0 aromatic heterocycles. The third-order valence-electron chi connectivity index (χ3n) is 17.8. The van der Waals surface area contributed by atoms with Crippen LogP contribution in [0.2, 0.25) is 0 Å². The van der Waals surface area contributed by atoms with E-state index in [1.165, 1.54) is 161 Å². The van der Waals surface area contributed by atoms with Crippen molar-refractivity contribution in [2.45, 2.75) is 207 Å². The topological polar surface area (TPSA) is 27.7 Å². The van der Waals surface area contributed by atoms with Crippen LogP contribution in [0.4, 0.5) is 0 Å². The molecule has 0 aromatic carbocycles. The van der Waals surface area contributed by atoms with E-state index in [2.05, 4.69) is 27.7 Å². The number of fused-ring (bicyclic) bond motifs is 2. The van der Waals surface area contributed by atoms with Gasteiger partial charge in [-0.1, -0.05) is 65.2 Å². The maximum Gasteiger partial charge on any atom is 0.0689 e. The van der Waals surface area contributed by atoms with Crippen LogP contribution >= 0.6 is 0 Å². The minimum absolute atomic E-state index is 0.419. The van der Waals surface area contributed by atoms with Crippen LogP contribution in [-0.4, -0.2) is 38.1 Å². The average molecular weight is 651 g/mol. The molecule has 2 bridgehead atoms. The molecule has 3 heteroatoms. The van der Waals surface area contributed by atoms with E-state index in [9.17, 15) is 0 Å². The van der Waals surface area contributed by atoms with Gasteiger partial charge in [0.1, 0.15) is 0 Å². The van der Waals surface area contributed by atoms with Gasteiger partial charge in [-0.2, -0.15) is 0 Å². The van der Waals surface area contributed by atoms with Crippen molar-refractivity contribution in [2.75, 3.05) is 19.8 Å². The minimum atomic E-state index is 0.419. The first-order chi connectivity index (χ1) is 22.7. The lowest BCUT2D eigenvalue weighted by Gasteiger charge is -2.50. The van der Waals surface area contributed by atoms with Crippen LogP contribution in [0.15, 0.2) is 0 Å². The lowest BCUT2D eigenvalue weighted by atomic mass is 9.59. The number of ether oxygens (including phenoxy) is 3. The summed E-state index contributed by atoms with van der Waals surface area (Å²) in [5.74, 6) is 2.48. The normalized spacial score (nSPS) is 48.3. The zero-order valence-corrected chi connectivity index (χ0v) is 31.5. The molecule has 47 heavy (non-hydrogen) atoms. The van der Waals surface area contributed by atoms with E-state index < -0.39 is 0 Å². The molecule has 0 N–H and O–H groups in total. The van der Waals surface area contributed by atoms with E-state index in [0.717, 1.165) is 37.6 Å². The maximum absolute atomic E-state index is 7.56. The second-order valence-corrected chi connectivity index (χ2v) is 20.2. The minimum Gasteiger partial charge on any atom is -0.378 e. The summed E-state index contributed by atoms with van der Waals surface area (Å²) in [4.78, 5) is 0. The zero-order valence-electron chi connectivity index (χ0n) is 31.5. The average Bonchev–Trinajstić information content (AvgIpc) is 3.90. The highest BCUT2D eigenvalue weighted by Gasteiger charge is 2.64. The van der Waals surface area contributed by atoms with Gasteiger partial charge in [-0.25, -0.2) is 0 Å². The second kappa shape index (κ2) is 12.8. The van der Waals surface area contributed by atoms with E-state index in [1.807, 2.05) is 0 Å². The Balaban J connectivity index is 0.979. The molecule has 10 atom stereocenters. The fourth-order valence-electron chi connectivity index (χ4n) is 16.4. The summed E-state index contributed by atoms with van der Waals surface area (Å²) in [6, 6.07) is 0. The Kier molecular flexibility index (Phi) is 9.28. The van der Waals surface area contributed by atoms with Crippen molar-refractivity contribution in [1.82, 2.24) is 0 Å². The molecular formula is C44H74O3. The Morgan fingerprint density at radius 3 is 2.00 bits per heavy atom. The van der Waals surface area contributed by atoms with Crippen molar-refractivity contribution in [2.24, 2.45) is 50.2 Å². The van der Waals surface area contributed by atoms with E-state index in [1.54, 1.807) is 0 Å². The van der Waals surface area contributed by atoms with Gasteiger partial charge < -0.3 is 14.2 Å². The van der Waals surface area contributed by atoms with Crippen LogP contribution in [0.25, 0.3) is 0 Å². The first kappa shape index (κ1) is 34.0. The molecule has 8 saturated carbocycles. The van der Waals surface area contributed by atoms with Crippen LogP contribution in [0.1, 0.15) is 188 Å². The van der Waals surface area contributed by atoms with E-state index >= 15 is 0 Å². The maximum atomic E-state index is 7.56. The van der Waals surface area contributed by atoms with Crippen LogP contribution in [-0.2, 0) is 14.2 Å². The van der Waals surface area contributed by atoms with Crippen LogP contribution in [0.5, 0.6) is 0 Å². The molecule has 8 aliphatic rings. The molecule has 0 aliphatic heterocycles. The van der Waals surface area contributed by atoms with E-state index in [-0.39, 0.29) is 0 Å². The second-order valence-electron chi connectivity index (χ2n) is 20.2. The summed E-state index contributed by atoms with van der Waals surface area (Å²) in [6.45, 7) is 12.5. The van der Waals surface area contributed by atoms with Gasteiger partial charge in [0.2, 0.25) is 0 Å². The molecule has 4 spiro atoms. The summed E-state index contributed by atoms with van der Waals surface area (Å²) < 4.78 is 20.9. The van der Waals surface area contributed by atoms with Crippen molar-refractivity contribution < 1.29 is 14.2 Å². The molecule has 0 aromatic rings. The molecular weight excluding hydrogens is 576 g/mol. The van der Waals surface area contributed by atoms with Crippen LogP contribution in [0, 0.1) is 50.2 Å². The van der Waals surface area contributed by atoms with E-state index in [4.69, 9.17) is 14.2 Å². The smallest absolute Gasteiger partial charge is 0.0689 e. The molecule has 0 heterocycles. The Labute approximate surface area is 290 Å². The number of hydrogen-bond acceptors (Lipinski definition) is 3. The Hall–Kier alpha value is -0.120. The van der Waals surface area contributed by atoms with Crippen LogP contribution in [0.3, 0.4) is 0 Å². The molecule has 8 rings (SSSR count). The molecule has 8 aliphatic carbocycles. The summed E-state index contributed by atoms with van der Waals surface area (Å²) in [7, 11) is 0. The van der Waals surface area contributed by atoms with Crippen molar-refractivity contribution in [3.8, 4) is 0 Å². The fourth-order valence-corrected chi connectivity index (χ4v) is 16.4. The van der Waals surface area contributed by atoms with Gasteiger partial charge in [0.15, 0.2) is 0 Å². The predicted molar refractivity (Wildman–Crippen MR) is 192 cm³/mol. The molecule has 0 radical (unpaired) electrons. The van der Waals surface area contributed by atoms with Gasteiger partial charge in [0.05, 0.1) is 18.3 Å². The Morgan fingerprint density at radius 2 is 1.23 bits per heavy atom. The first-order valence-corrected chi connectivity index (χ1v) is 21.6. The van der Waals surface area contributed by atoms with Gasteiger partial charge >= 0.3 is 0 Å². The molecule has 0 amide bonds. The van der Waals surface area contributed by atoms with Crippen LogP contribution < -0.4 is 0 Å². The number of rotatable bonds is 10. The molecule has 10 unspecified atom stereocenters. The summed E-state index contributed by atoms with van der Waals surface area (Å²) in [6.07, 6.45) is 37.3. The highest BCUT2D eigenvalue weighted by atomic mass is 16.5. The van der Waals surface area contributed by atoms with Gasteiger partial charge in [-0.3, -0.25) is 0 Å². The lowest BCUT2D eigenvalue weighted by molar-refractivity contribution is -0.124.